The summed E-state index contributed by atoms with van der Waals surface area (Å²) in [7, 11) is 1.54. The molecule has 2 aromatic carbocycles. The molecule has 0 aromatic heterocycles. The summed E-state index contributed by atoms with van der Waals surface area (Å²) in [6, 6.07) is 8.64. The molecule has 3 amide bonds. The molecule has 9 heteroatoms. The number of hydrogen-bond donors (Lipinski definition) is 3. The molecule has 37 heavy (non-hydrogen) atoms. The van der Waals surface area contributed by atoms with E-state index in [0.29, 0.717) is 29.0 Å². The fourth-order valence-corrected chi connectivity index (χ4v) is 4.39. The highest BCUT2D eigenvalue weighted by atomic mass is 32.2. The molecule has 2 atom stereocenters. The molecule has 0 aliphatic carbocycles. The number of para-hydroxylation sites is 1. The van der Waals surface area contributed by atoms with Gasteiger partial charge in [0.1, 0.15) is 23.4 Å². The lowest BCUT2D eigenvalue weighted by molar-refractivity contribution is -0.139. The van der Waals surface area contributed by atoms with E-state index in [1.54, 1.807) is 58.6 Å². The van der Waals surface area contributed by atoms with Gasteiger partial charge in [0.05, 0.1) is 0 Å². The van der Waals surface area contributed by atoms with Gasteiger partial charge in [0.15, 0.2) is 0 Å². The molecule has 0 aliphatic rings. The summed E-state index contributed by atoms with van der Waals surface area (Å²) in [6.07, 6.45) is 1.58. The average molecular weight is 530 g/mol. The highest BCUT2D eigenvalue weighted by molar-refractivity contribution is 7.98. The number of phenolic OH excluding ortho intramolecular Hbond substituents is 1. The standard InChI is InChI=1S/C28H39N3O5S/c1-17-10-9-11-18(2)23(17)30-25(33)24(20-12-13-22(32)19(3)16-20)31(7)26(34)21(14-15-37-8)29-27(35)36-28(4,5)6/h9-13,16,21,24,32H,14-15H2,1-8H3,(H,29,35)(H,30,33). The van der Waals surface area contributed by atoms with Crippen LogP contribution in [-0.2, 0) is 14.3 Å². The molecule has 0 fully saturated rings. The van der Waals surface area contributed by atoms with Crippen LogP contribution in [-0.4, -0.2) is 58.6 Å². The molecular weight excluding hydrogens is 490 g/mol. The van der Waals surface area contributed by atoms with Crippen molar-refractivity contribution in [2.45, 2.75) is 65.6 Å². The smallest absolute Gasteiger partial charge is 0.408 e. The number of ether oxygens (including phenoxy) is 1. The van der Waals surface area contributed by atoms with Crippen molar-refractivity contribution in [3.63, 3.8) is 0 Å². The number of likely N-dealkylation sites (N-methyl/N-ethyl adjacent to an activating group) is 1. The Balaban J connectivity index is 2.44. The van der Waals surface area contributed by atoms with E-state index in [4.69, 9.17) is 4.74 Å². The number of nitrogens with one attached hydrogen (secondary N) is 2. The van der Waals surface area contributed by atoms with Gasteiger partial charge in [-0.15, -0.1) is 0 Å². The van der Waals surface area contributed by atoms with E-state index in [1.165, 1.54) is 11.0 Å². The lowest BCUT2D eigenvalue weighted by Crippen LogP contribution is -2.51. The molecule has 0 bridgehead atoms. The normalized spacial score (nSPS) is 12.9. The van der Waals surface area contributed by atoms with E-state index >= 15 is 0 Å². The van der Waals surface area contributed by atoms with Gasteiger partial charge in [0.25, 0.3) is 5.91 Å². The predicted molar refractivity (Wildman–Crippen MR) is 149 cm³/mol. The highest BCUT2D eigenvalue weighted by Crippen LogP contribution is 2.29. The molecule has 0 spiro atoms. The number of hydrogen-bond acceptors (Lipinski definition) is 6. The van der Waals surface area contributed by atoms with Gasteiger partial charge in [0, 0.05) is 12.7 Å². The van der Waals surface area contributed by atoms with E-state index in [-0.39, 0.29) is 5.75 Å². The van der Waals surface area contributed by atoms with Gasteiger partial charge in [-0.2, -0.15) is 11.8 Å². The van der Waals surface area contributed by atoms with Crippen LogP contribution in [0.4, 0.5) is 10.5 Å². The lowest BCUT2D eigenvalue weighted by Gasteiger charge is -2.32. The number of thioether (sulfide) groups is 1. The van der Waals surface area contributed by atoms with Crippen LogP contribution in [0.15, 0.2) is 36.4 Å². The second-order valence-corrected chi connectivity index (χ2v) is 11.1. The minimum atomic E-state index is -1.01. The van der Waals surface area contributed by atoms with Crippen LogP contribution in [0, 0.1) is 20.8 Å². The maximum Gasteiger partial charge on any atom is 0.408 e. The molecular formula is C28H39N3O5S. The number of benzene rings is 2. The average Bonchev–Trinajstić information content (AvgIpc) is 2.79. The van der Waals surface area contributed by atoms with E-state index in [2.05, 4.69) is 10.6 Å². The SMILES string of the molecule is CSCCC(NC(=O)OC(C)(C)C)C(=O)N(C)C(C(=O)Nc1c(C)cccc1C)c1ccc(O)c(C)c1. The molecule has 0 radical (unpaired) electrons. The zero-order chi connectivity index (χ0) is 27.9. The second kappa shape index (κ2) is 12.9. The van der Waals surface area contributed by atoms with E-state index in [0.717, 1.165) is 11.1 Å². The monoisotopic (exact) mass is 529 g/mol. The van der Waals surface area contributed by atoms with Gasteiger partial charge in [0.2, 0.25) is 5.91 Å². The Hall–Kier alpha value is -3.20. The number of phenols is 1. The summed E-state index contributed by atoms with van der Waals surface area (Å²) in [5.41, 5.74) is 2.87. The predicted octanol–water partition coefficient (Wildman–Crippen LogP) is 5.10. The fraction of sp³-hybridized carbons (Fsp3) is 0.464. The Bertz CT molecular complexity index is 1110. The van der Waals surface area contributed by atoms with Gasteiger partial charge in [-0.3, -0.25) is 9.59 Å². The minimum Gasteiger partial charge on any atom is -0.508 e. The molecule has 202 valence electrons. The van der Waals surface area contributed by atoms with Gasteiger partial charge >= 0.3 is 6.09 Å². The molecule has 0 heterocycles. The number of carbonyl (C=O) groups is 3. The van der Waals surface area contributed by atoms with E-state index in [9.17, 15) is 19.5 Å². The third kappa shape index (κ3) is 8.42. The maximum absolute atomic E-state index is 13.7. The van der Waals surface area contributed by atoms with Crippen molar-refractivity contribution >= 4 is 35.4 Å². The zero-order valence-corrected chi connectivity index (χ0v) is 23.8. The van der Waals surface area contributed by atoms with Crippen LogP contribution in [0.5, 0.6) is 5.75 Å². The Morgan fingerprint density at radius 2 is 1.68 bits per heavy atom. The minimum absolute atomic E-state index is 0.0936. The first-order valence-electron chi connectivity index (χ1n) is 12.2. The summed E-state index contributed by atoms with van der Waals surface area (Å²) >= 11 is 1.55. The van der Waals surface area contributed by atoms with Gasteiger partial charge in [-0.05, 0) is 94.4 Å². The van der Waals surface area contributed by atoms with E-state index < -0.39 is 35.6 Å². The van der Waals surface area contributed by atoms with Crippen LogP contribution >= 0.6 is 11.8 Å². The Morgan fingerprint density at radius 3 is 2.22 bits per heavy atom. The number of aryl methyl sites for hydroxylation is 3. The first kappa shape index (κ1) is 30.0. The van der Waals surface area contributed by atoms with Crippen molar-refractivity contribution in [1.82, 2.24) is 10.2 Å². The molecule has 2 aromatic rings. The van der Waals surface area contributed by atoms with Crippen molar-refractivity contribution in [2.75, 3.05) is 24.4 Å². The first-order valence-corrected chi connectivity index (χ1v) is 13.6. The third-order valence-corrected chi connectivity index (χ3v) is 6.49. The number of rotatable bonds is 9. The number of anilines is 1. The summed E-state index contributed by atoms with van der Waals surface area (Å²) in [4.78, 5) is 41.3. The molecule has 0 saturated heterocycles. The zero-order valence-electron chi connectivity index (χ0n) is 23.0. The Kier molecular flexibility index (Phi) is 10.4. The second-order valence-electron chi connectivity index (χ2n) is 10.1. The van der Waals surface area contributed by atoms with Crippen molar-refractivity contribution in [2.24, 2.45) is 0 Å². The number of carbonyl (C=O) groups excluding carboxylic acids is 3. The highest BCUT2D eigenvalue weighted by Gasteiger charge is 2.34. The van der Waals surface area contributed by atoms with Gasteiger partial charge in [-0.25, -0.2) is 4.79 Å². The lowest BCUT2D eigenvalue weighted by atomic mass is 10.00. The molecule has 2 unspecified atom stereocenters. The summed E-state index contributed by atoms with van der Waals surface area (Å²) in [6.45, 7) is 10.8. The largest absolute Gasteiger partial charge is 0.508 e. The van der Waals surface area contributed by atoms with Crippen molar-refractivity contribution in [3.8, 4) is 5.75 Å². The van der Waals surface area contributed by atoms with Crippen LogP contribution in [0.25, 0.3) is 0 Å². The molecule has 0 aliphatic heterocycles. The summed E-state index contributed by atoms with van der Waals surface area (Å²) < 4.78 is 5.37. The maximum atomic E-state index is 13.7. The molecule has 2 rings (SSSR count). The van der Waals surface area contributed by atoms with Crippen molar-refractivity contribution < 1.29 is 24.2 Å². The number of amides is 3. The molecule has 3 N–H and O–H groups in total. The van der Waals surface area contributed by atoms with E-state index in [1.807, 2.05) is 38.3 Å². The number of aromatic hydroxyl groups is 1. The third-order valence-electron chi connectivity index (χ3n) is 5.85. The quantitative estimate of drug-likeness (QED) is 0.417. The Morgan fingerprint density at radius 1 is 1.05 bits per heavy atom. The Labute approximate surface area is 224 Å². The fourth-order valence-electron chi connectivity index (χ4n) is 3.92. The van der Waals surface area contributed by atoms with Gasteiger partial charge in [-0.1, -0.05) is 24.3 Å². The van der Waals surface area contributed by atoms with Crippen LogP contribution in [0.3, 0.4) is 0 Å². The first-order chi connectivity index (χ1) is 17.2. The van der Waals surface area contributed by atoms with Crippen molar-refractivity contribution in [3.05, 3.63) is 58.7 Å². The van der Waals surface area contributed by atoms with Crippen LogP contribution in [0.2, 0.25) is 0 Å². The number of alkyl carbamates (subject to hydrolysis) is 1. The summed E-state index contributed by atoms with van der Waals surface area (Å²) in [5, 5.41) is 15.7. The van der Waals surface area contributed by atoms with Crippen molar-refractivity contribution in [1.29, 1.82) is 0 Å². The van der Waals surface area contributed by atoms with Gasteiger partial charge < -0.3 is 25.4 Å². The van der Waals surface area contributed by atoms with Crippen LogP contribution in [0.1, 0.15) is 55.5 Å². The molecule has 0 saturated carbocycles. The molecule has 8 nitrogen and oxygen atoms in total. The van der Waals surface area contributed by atoms with Crippen LogP contribution < -0.4 is 10.6 Å². The summed E-state index contributed by atoms with van der Waals surface area (Å²) in [5.74, 6) is -0.111. The topological polar surface area (TPSA) is 108 Å². The number of nitrogens with zero attached hydrogens (tertiary/aromatic N) is 1.